The molecule has 1 rings (SSSR count). The lowest BCUT2D eigenvalue weighted by Gasteiger charge is -2.09. The van der Waals surface area contributed by atoms with Gasteiger partial charge >= 0.3 is 0 Å². The molecular weight excluding hydrogens is 284 g/mol. The molecular formula is C12H15BrN2O2. The summed E-state index contributed by atoms with van der Waals surface area (Å²) in [7, 11) is 0. The first-order valence-corrected chi connectivity index (χ1v) is 6.13. The van der Waals surface area contributed by atoms with Crippen LogP contribution >= 0.6 is 15.9 Å². The molecule has 0 fully saturated rings. The first-order valence-electron chi connectivity index (χ1n) is 5.34. The molecule has 0 saturated carbocycles. The number of hydrogen-bond acceptors (Lipinski definition) is 2. The Kier molecular flexibility index (Phi) is 5.15. The summed E-state index contributed by atoms with van der Waals surface area (Å²) in [6.07, 6.45) is 0.385. The summed E-state index contributed by atoms with van der Waals surface area (Å²) in [5, 5.41) is 0. The molecule has 1 aromatic rings. The smallest absolute Gasteiger partial charge is 0.270 e. The Morgan fingerprint density at radius 1 is 1.24 bits per heavy atom. The van der Waals surface area contributed by atoms with E-state index >= 15 is 0 Å². The second kappa shape index (κ2) is 6.39. The first kappa shape index (κ1) is 13.7. The lowest BCUT2D eigenvalue weighted by atomic mass is 10.1. The van der Waals surface area contributed by atoms with Crippen LogP contribution < -0.4 is 10.9 Å². The normalized spacial score (nSPS) is 10.1. The van der Waals surface area contributed by atoms with Crippen molar-refractivity contribution in [1.29, 1.82) is 0 Å². The van der Waals surface area contributed by atoms with Gasteiger partial charge in [-0.2, -0.15) is 0 Å². The van der Waals surface area contributed by atoms with Crippen LogP contribution in [0.25, 0.3) is 0 Å². The summed E-state index contributed by atoms with van der Waals surface area (Å²) in [5.41, 5.74) is 5.24. The van der Waals surface area contributed by atoms with E-state index in [1.807, 2.05) is 19.9 Å². The maximum absolute atomic E-state index is 11.7. The molecule has 0 aliphatic heterocycles. The molecule has 0 aliphatic carbocycles. The summed E-state index contributed by atoms with van der Waals surface area (Å²) < 4.78 is 0.690. The summed E-state index contributed by atoms with van der Waals surface area (Å²) in [6, 6.07) is 7.02. The van der Waals surface area contributed by atoms with Gasteiger partial charge < -0.3 is 0 Å². The Bertz CT molecular complexity index is 419. The molecule has 4 nitrogen and oxygen atoms in total. The van der Waals surface area contributed by atoms with Gasteiger partial charge in [0.2, 0.25) is 5.91 Å². The largest absolute Gasteiger partial charge is 0.273 e. The Morgan fingerprint density at radius 3 is 2.47 bits per heavy atom. The number of hydrogen-bond donors (Lipinski definition) is 2. The number of amides is 2. The molecule has 0 radical (unpaired) electrons. The standard InChI is InChI=1S/C12H15BrN2O2/c1-8(2)7-11(16)14-15-12(17)9-5-3-4-6-10(9)13/h3-6,8H,7H2,1-2H3,(H,14,16)(H,15,17). The van der Waals surface area contributed by atoms with Gasteiger partial charge in [-0.25, -0.2) is 0 Å². The first-order chi connectivity index (χ1) is 8.00. The number of halogens is 1. The third-order valence-electron chi connectivity index (χ3n) is 2.03. The van der Waals surface area contributed by atoms with Crippen LogP contribution in [0.2, 0.25) is 0 Å². The van der Waals surface area contributed by atoms with Gasteiger partial charge in [0.05, 0.1) is 5.56 Å². The molecule has 1 aromatic carbocycles. The zero-order valence-electron chi connectivity index (χ0n) is 9.79. The van der Waals surface area contributed by atoms with Gasteiger partial charge in [0, 0.05) is 10.9 Å². The molecule has 0 heterocycles. The van der Waals surface area contributed by atoms with Crippen molar-refractivity contribution >= 4 is 27.7 Å². The fraction of sp³-hybridized carbons (Fsp3) is 0.333. The highest BCUT2D eigenvalue weighted by atomic mass is 79.9. The van der Waals surface area contributed by atoms with E-state index in [2.05, 4.69) is 26.8 Å². The molecule has 0 unspecified atom stereocenters. The molecule has 0 aliphatic rings. The molecule has 0 saturated heterocycles. The van der Waals surface area contributed by atoms with E-state index in [0.717, 1.165) is 0 Å². The van der Waals surface area contributed by atoms with Gasteiger partial charge in [0.25, 0.3) is 5.91 Å². The van der Waals surface area contributed by atoms with Crippen LogP contribution in [0.5, 0.6) is 0 Å². The fourth-order valence-corrected chi connectivity index (χ4v) is 1.73. The maximum atomic E-state index is 11.7. The van der Waals surface area contributed by atoms with Crippen LogP contribution in [0.3, 0.4) is 0 Å². The van der Waals surface area contributed by atoms with Crippen LogP contribution in [0.4, 0.5) is 0 Å². The minimum absolute atomic E-state index is 0.194. The van der Waals surface area contributed by atoms with Crippen molar-refractivity contribution < 1.29 is 9.59 Å². The molecule has 2 N–H and O–H groups in total. The zero-order valence-corrected chi connectivity index (χ0v) is 11.4. The molecule has 0 atom stereocenters. The van der Waals surface area contributed by atoms with Crippen molar-refractivity contribution in [2.45, 2.75) is 20.3 Å². The lowest BCUT2D eigenvalue weighted by molar-refractivity contribution is -0.122. The molecule has 5 heteroatoms. The number of rotatable bonds is 3. The van der Waals surface area contributed by atoms with Gasteiger partial charge in [-0.1, -0.05) is 26.0 Å². The van der Waals surface area contributed by atoms with E-state index in [4.69, 9.17) is 0 Å². The predicted molar refractivity (Wildman–Crippen MR) is 69.2 cm³/mol. The van der Waals surface area contributed by atoms with E-state index in [0.29, 0.717) is 16.5 Å². The Hall–Kier alpha value is -1.36. The fourth-order valence-electron chi connectivity index (χ4n) is 1.26. The number of benzene rings is 1. The molecule has 2 amide bonds. The molecule has 0 spiro atoms. The highest BCUT2D eigenvalue weighted by Crippen LogP contribution is 2.15. The third kappa shape index (κ3) is 4.56. The van der Waals surface area contributed by atoms with Crippen LogP contribution in [0, 0.1) is 5.92 Å². The van der Waals surface area contributed by atoms with Crippen molar-refractivity contribution in [3.05, 3.63) is 34.3 Å². The molecule has 0 bridgehead atoms. The zero-order chi connectivity index (χ0) is 12.8. The summed E-state index contributed by atoms with van der Waals surface area (Å²) in [4.78, 5) is 23.0. The van der Waals surface area contributed by atoms with Gasteiger partial charge in [-0.3, -0.25) is 20.4 Å². The highest BCUT2D eigenvalue weighted by molar-refractivity contribution is 9.10. The van der Waals surface area contributed by atoms with Crippen LogP contribution in [-0.2, 0) is 4.79 Å². The summed E-state index contributed by atoms with van der Waals surface area (Å²) >= 11 is 3.27. The van der Waals surface area contributed by atoms with Gasteiger partial charge in [0.15, 0.2) is 0 Å². The number of carbonyl (C=O) groups is 2. The Balaban J connectivity index is 2.51. The lowest BCUT2D eigenvalue weighted by Crippen LogP contribution is -2.42. The maximum Gasteiger partial charge on any atom is 0.270 e. The summed E-state index contributed by atoms with van der Waals surface area (Å²) in [5.74, 6) is -0.273. The van der Waals surface area contributed by atoms with E-state index in [1.165, 1.54) is 0 Å². The predicted octanol–water partition coefficient (Wildman–Crippen LogP) is 2.26. The van der Waals surface area contributed by atoms with Crippen LogP contribution in [0.1, 0.15) is 30.6 Å². The summed E-state index contributed by atoms with van der Waals surface area (Å²) in [6.45, 7) is 3.88. The van der Waals surface area contributed by atoms with E-state index in [-0.39, 0.29) is 17.7 Å². The van der Waals surface area contributed by atoms with E-state index in [9.17, 15) is 9.59 Å². The van der Waals surface area contributed by atoms with Gasteiger partial charge in [0.1, 0.15) is 0 Å². The van der Waals surface area contributed by atoms with E-state index < -0.39 is 0 Å². The van der Waals surface area contributed by atoms with E-state index in [1.54, 1.807) is 18.2 Å². The number of hydrazine groups is 1. The van der Waals surface area contributed by atoms with Crippen LogP contribution in [0.15, 0.2) is 28.7 Å². The van der Waals surface area contributed by atoms with Crippen molar-refractivity contribution in [3.8, 4) is 0 Å². The average molecular weight is 299 g/mol. The number of nitrogens with one attached hydrogen (secondary N) is 2. The topological polar surface area (TPSA) is 58.2 Å². The van der Waals surface area contributed by atoms with Crippen molar-refractivity contribution in [2.24, 2.45) is 5.92 Å². The molecule has 17 heavy (non-hydrogen) atoms. The third-order valence-corrected chi connectivity index (χ3v) is 2.72. The quantitative estimate of drug-likeness (QED) is 0.841. The SMILES string of the molecule is CC(C)CC(=O)NNC(=O)c1ccccc1Br. The van der Waals surface area contributed by atoms with Crippen molar-refractivity contribution in [1.82, 2.24) is 10.9 Å². The minimum Gasteiger partial charge on any atom is -0.273 e. The number of carbonyl (C=O) groups excluding carboxylic acids is 2. The Labute approximate surface area is 109 Å². The molecule has 92 valence electrons. The minimum atomic E-state index is -0.338. The monoisotopic (exact) mass is 298 g/mol. The average Bonchev–Trinajstić information content (AvgIpc) is 2.25. The highest BCUT2D eigenvalue weighted by Gasteiger charge is 2.10. The van der Waals surface area contributed by atoms with Crippen LogP contribution in [-0.4, -0.2) is 11.8 Å². The second-order valence-electron chi connectivity index (χ2n) is 4.08. The van der Waals surface area contributed by atoms with Gasteiger partial charge in [-0.05, 0) is 34.0 Å². The second-order valence-corrected chi connectivity index (χ2v) is 4.93. The van der Waals surface area contributed by atoms with Gasteiger partial charge in [-0.15, -0.1) is 0 Å². The Morgan fingerprint density at radius 2 is 1.88 bits per heavy atom. The molecule has 0 aromatic heterocycles. The van der Waals surface area contributed by atoms with Crippen molar-refractivity contribution in [2.75, 3.05) is 0 Å². The van der Waals surface area contributed by atoms with Crippen molar-refractivity contribution in [3.63, 3.8) is 0 Å².